The van der Waals surface area contributed by atoms with Crippen LogP contribution in [0.1, 0.15) is 50.5 Å². The van der Waals surface area contributed by atoms with Gasteiger partial charge < -0.3 is 4.90 Å². The Kier molecular flexibility index (Phi) is 3.69. The lowest BCUT2D eigenvalue weighted by atomic mass is 9.82. The second-order valence-corrected chi connectivity index (χ2v) is 5.83. The Labute approximate surface area is 109 Å². The highest BCUT2D eigenvalue weighted by Gasteiger charge is 2.25. The van der Waals surface area contributed by atoms with Crippen LogP contribution in [-0.2, 0) is 0 Å². The zero-order chi connectivity index (χ0) is 13.2. The van der Waals surface area contributed by atoms with Crippen molar-refractivity contribution in [1.82, 2.24) is 4.98 Å². The van der Waals surface area contributed by atoms with Crippen LogP contribution in [-0.4, -0.2) is 23.9 Å². The predicted molar refractivity (Wildman–Crippen MR) is 74.1 cm³/mol. The lowest BCUT2D eigenvalue weighted by molar-refractivity contribution is 0.0983. The minimum Gasteiger partial charge on any atom is -0.370 e. The number of carbonyl (C=O) groups excluding carboxylic acids is 1. The van der Waals surface area contributed by atoms with Crippen molar-refractivity contribution in [2.24, 2.45) is 5.41 Å². The molecule has 1 saturated heterocycles. The van der Waals surface area contributed by atoms with Crippen molar-refractivity contribution in [2.75, 3.05) is 18.0 Å². The first-order chi connectivity index (χ1) is 8.52. The van der Waals surface area contributed by atoms with Gasteiger partial charge in [-0.3, -0.25) is 9.78 Å². The summed E-state index contributed by atoms with van der Waals surface area (Å²) >= 11 is 0. The third-order valence-electron chi connectivity index (χ3n) is 3.84. The van der Waals surface area contributed by atoms with Crippen LogP contribution < -0.4 is 4.90 Å². The molecule has 1 aliphatic heterocycles. The SMILES string of the molecule is CCC(=O)c1ccc(N2CCC(C)(C)CC2)cn1. The molecule has 98 valence electrons. The fourth-order valence-electron chi connectivity index (χ4n) is 2.29. The van der Waals surface area contributed by atoms with Gasteiger partial charge in [-0.25, -0.2) is 0 Å². The van der Waals surface area contributed by atoms with Crippen LogP contribution in [0.3, 0.4) is 0 Å². The third kappa shape index (κ3) is 2.89. The van der Waals surface area contributed by atoms with Gasteiger partial charge in [-0.1, -0.05) is 20.8 Å². The van der Waals surface area contributed by atoms with Gasteiger partial charge in [-0.15, -0.1) is 0 Å². The zero-order valence-corrected chi connectivity index (χ0v) is 11.6. The Morgan fingerprint density at radius 2 is 2.00 bits per heavy atom. The number of anilines is 1. The van der Waals surface area contributed by atoms with Gasteiger partial charge >= 0.3 is 0 Å². The number of aromatic nitrogens is 1. The average Bonchev–Trinajstić information content (AvgIpc) is 2.38. The fraction of sp³-hybridized carbons (Fsp3) is 0.600. The predicted octanol–water partition coefficient (Wildman–Crippen LogP) is 3.30. The van der Waals surface area contributed by atoms with E-state index >= 15 is 0 Å². The van der Waals surface area contributed by atoms with E-state index in [1.54, 1.807) is 0 Å². The summed E-state index contributed by atoms with van der Waals surface area (Å²) in [5.74, 6) is 0.112. The molecule has 0 saturated carbocycles. The molecule has 18 heavy (non-hydrogen) atoms. The average molecular weight is 246 g/mol. The number of rotatable bonds is 3. The van der Waals surface area contributed by atoms with E-state index in [-0.39, 0.29) is 5.78 Å². The van der Waals surface area contributed by atoms with Gasteiger partial charge in [0.2, 0.25) is 0 Å². The summed E-state index contributed by atoms with van der Waals surface area (Å²) in [5, 5.41) is 0. The lowest BCUT2D eigenvalue weighted by Gasteiger charge is -2.38. The largest absolute Gasteiger partial charge is 0.370 e. The van der Waals surface area contributed by atoms with Crippen LogP contribution in [0, 0.1) is 5.41 Å². The molecule has 0 unspecified atom stereocenters. The number of carbonyl (C=O) groups is 1. The quantitative estimate of drug-likeness (QED) is 0.767. The van der Waals surface area contributed by atoms with E-state index in [0.29, 0.717) is 17.5 Å². The number of pyridine rings is 1. The van der Waals surface area contributed by atoms with Gasteiger partial charge in [-0.2, -0.15) is 0 Å². The molecular weight excluding hydrogens is 224 g/mol. The van der Waals surface area contributed by atoms with Crippen LogP contribution in [0.25, 0.3) is 0 Å². The van der Waals surface area contributed by atoms with Gasteiger partial charge in [0.15, 0.2) is 5.78 Å². The van der Waals surface area contributed by atoms with E-state index in [1.807, 2.05) is 25.3 Å². The first-order valence-corrected chi connectivity index (χ1v) is 6.76. The molecule has 2 heterocycles. The molecule has 0 spiro atoms. The summed E-state index contributed by atoms with van der Waals surface area (Å²) in [4.78, 5) is 18.1. The highest BCUT2D eigenvalue weighted by molar-refractivity contribution is 5.94. The highest BCUT2D eigenvalue weighted by atomic mass is 16.1. The molecule has 0 bridgehead atoms. The van der Waals surface area contributed by atoms with E-state index in [1.165, 1.54) is 12.8 Å². The molecule has 0 amide bonds. The van der Waals surface area contributed by atoms with Crippen LogP contribution in [0.4, 0.5) is 5.69 Å². The fourth-order valence-corrected chi connectivity index (χ4v) is 2.29. The number of hydrogen-bond acceptors (Lipinski definition) is 3. The molecule has 0 atom stereocenters. The number of nitrogens with zero attached hydrogens (tertiary/aromatic N) is 2. The molecular formula is C15H22N2O. The molecule has 1 aromatic rings. The number of hydrogen-bond donors (Lipinski definition) is 0. The monoisotopic (exact) mass is 246 g/mol. The Morgan fingerprint density at radius 1 is 1.33 bits per heavy atom. The van der Waals surface area contributed by atoms with E-state index in [2.05, 4.69) is 23.7 Å². The van der Waals surface area contributed by atoms with E-state index in [9.17, 15) is 4.79 Å². The summed E-state index contributed by atoms with van der Waals surface area (Å²) in [7, 11) is 0. The van der Waals surface area contributed by atoms with Gasteiger partial charge in [0.25, 0.3) is 0 Å². The molecule has 1 aromatic heterocycles. The van der Waals surface area contributed by atoms with Crippen molar-refractivity contribution >= 4 is 11.5 Å². The zero-order valence-electron chi connectivity index (χ0n) is 11.6. The summed E-state index contributed by atoms with van der Waals surface area (Å²) < 4.78 is 0. The minimum absolute atomic E-state index is 0.112. The smallest absolute Gasteiger partial charge is 0.180 e. The van der Waals surface area contributed by atoms with Crippen LogP contribution in [0.5, 0.6) is 0 Å². The Morgan fingerprint density at radius 3 is 2.50 bits per heavy atom. The van der Waals surface area contributed by atoms with Crippen LogP contribution >= 0.6 is 0 Å². The van der Waals surface area contributed by atoms with Gasteiger partial charge in [0.1, 0.15) is 5.69 Å². The molecule has 1 aliphatic rings. The maximum Gasteiger partial charge on any atom is 0.180 e. The van der Waals surface area contributed by atoms with Crippen molar-refractivity contribution in [3.05, 3.63) is 24.0 Å². The van der Waals surface area contributed by atoms with Gasteiger partial charge in [0.05, 0.1) is 11.9 Å². The first kappa shape index (κ1) is 13.1. The summed E-state index contributed by atoms with van der Waals surface area (Å²) in [6, 6.07) is 3.87. The maximum absolute atomic E-state index is 11.5. The first-order valence-electron chi connectivity index (χ1n) is 6.76. The molecule has 0 aliphatic carbocycles. The number of ketones is 1. The van der Waals surface area contributed by atoms with E-state index in [0.717, 1.165) is 18.8 Å². The molecule has 2 rings (SSSR count). The molecule has 0 radical (unpaired) electrons. The van der Waals surface area contributed by atoms with Gasteiger partial charge in [-0.05, 0) is 30.4 Å². The molecule has 0 aromatic carbocycles. The topological polar surface area (TPSA) is 33.2 Å². The van der Waals surface area contributed by atoms with Crippen molar-refractivity contribution in [3.8, 4) is 0 Å². The van der Waals surface area contributed by atoms with E-state index < -0.39 is 0 Å². The highest BCUT2D eigenvalue weighted by Crippen LogP contribution is 2.31. The summed E-state index contributed by atoms with van der Waals surface area (Å²) in [6.45, 7) is 8.67. The summed E-state index contributed by atoms with van der Waals surface area (Å²) in [5.41, 5.74) is 2.18. The minimum atomic E-state index is 0.112. The Hall–Kier alpha value is -1.38. The van der Waals surface area contributed by atoms with E-state index in [4.69, 9.17) is 0 Å². The summed E-state index contributed by atoms with van der Waals surface area (Å²) in [6.07, 6.45) is 4.77. The van der Waals surface area contributed by atoms with Crippen molar-refractivity contribution in [2.45, 2.75) is 40.0 Å². The molecule has 1 fully saturated rings. The molecule has 3 heteroatoms. The van der Waals surface area contributed by atoms with Gasteiger partial charge in [0, 0.05) is 19.5 Å². The van der Waals surface area contributed by atoms with Crippen molar-refractivity contribution in [3.63, 3.8) is 0 Å². The maximum atomic E-state index is 11.5. The van der Waals surface area contributed by atoms with Crippen LogP contribution in [0.15, 0.2) is 18.3 Å². The normalized spacial score (nSPS) is 18.7. The third-order valence-corrected chi connectivity index (χ3v) is 3.84. The lowest BCUT2D eigenvalue weighted by Crippen LogP contribution is -2.37. The Bertz CT molecular complexity index is 413. The van der Waals surface area contributed by atoms with Crippen molar-refractivity contribution in [1.29, 1.82) is 0 Å². The molecule has 0 N–H and O–H groups in total. The second-order valence-electron chi connectivity index (χ2n) is 5.83. The Balaban J connectivity index is 2.04. The number of piperidine rings is 1. The van der Waals surface area contributed by atoms with Crippen molar-refractivity contribution < 1.29 is 4.79 Å². The molecule has 3 nitrogen and oxygen atoms in total. The second kappa shape index (κ2) is 5.09. The van der Waals surface area contributed by atoms with Crippen LogP contribution in [0.2, 0.25) is 0 Å². The standard InChI is InChI=1S/C15H22N2O/c1-4-14(18)13-6-5-12(11-16-13)17-9-7-15(2,3)8-10-17/h5-6,11H,4,7-10H2,1-3H3. The number of Topliss-reactive ketones (excluding diaryl/α,β-unsaturated/α-hetero) is 1.